The average Bonchev–Trinajstić information content (AvgIpc) is 2.65. The van der Waals surface area contributed by atoms with Crippen LogP contribution in [0, 0.1) is 25.2 Å². The maximum Gasteiger partial charge on any atom is 0.0302 e. The summed E-state index contributed by atoms with van der Waals surface area (Å²) in [5.41, 5.74) is 1.87. The first-order chi connectivity index (χ1) is 8.88. The molecule has 2 unspecified atom stereocenters. The molecule has 1 N–H and O–H groups in total. The zero-order valence-electron chi connectivity index (χ0n) is 13.2. The fraction of sp³-hybridized carbons (Fsp3) is 0.765. The van der Waals surface area contributed by atoms with Gasteiger partial charge < -0.3 is 5.32 Å². The van der Waals surface area contributed by atoms with Crippen molar-refractivity contribution in [1.29, 1.82) is 0 Å². The molecule has 0 aliphatic heterocycles. The van der Waals surface area contributed by atoms with Crippen LogP contribution in [0.15, 0.2) is 6.07 Å². The standard InChI is InChI=1S/C17H29NS/c1-12-10-14(19-13(12)2)11-18-16-9-7-6-8-15(16)17(3,4)5/h10,15-16,18H,6-9,11H2,1-5H3. The lowest BCUT2D eigenvalue weighted by molar-refractivity contribution is 0.130. The van der Waals surface area contributed by atoms with E-state index >= 15 is 0 Å². The number of aryl methyl sites for hydroxylation is 2. The Bertz CT molecular complexity index is 394. The van der Waals surface area contributed by atoms with E-state index in [9.17, 15) is 0 Å². The second kappa shape index (κ2) is 5.97. The highest BCUT2D eigenvalue weighted by atomic mass is 32.1. The van der Waals surface area contributed by atoms with E-state index in [1.54, 1.807) is 0 Å². The van der Waals surface area contributed by atoms with Gasteiger partial charge in [-0.2, -0.15) is 0 Å². The molecule has 0 radical (unpaired) electrons. The van der Waals surface area contributed by atoms with Gasteiger partial charge in [0.05, 0.1) is 0 Å². The van der Waals surface area contributed by atoms with Gasteiger partial charge in [0.2, 0.25) is 0 Å². The van der Waals surface area contributed by atoms with Gasteiger partial charge in [0.1, 0.15) is 0 Å². The largest absolute Gasteiger partial charge is 0.309 e. The number of hydrogen-bond acceptors (Lipinski definition) is 2. The minimum Gasteiger partial charge on any atom is -0.309 e. The molecule has 1 heterocycles. The summed E-state index contributed by atoms with van der Waals surface area (Å²) in [5.74, 6) is 0.823. The Morgan fingerprint density at radius 1 is 1.21 bits per heavy atom. The molecule has 0 spiro atoms. The summed E-state index contributed by atoms with van der Waals surface area (Å²) in [5, 5.41) is 3.85. The van der Waals surface area contributed by atoms with Crippen molar-refractivity contribution in [2.75, 3.05) is 0 Å². The van der Waals surface area contributed by atoms with Crippen LogP contribution in [0.25, 0.3) is 0 Å². The van der Waals surface area contributed by atoms with Crippen LogP contribution in [0.2, 0.25) is 0 Å². The maximum absolute atomic E-state index is 3.85. The van der Waals surface area contributed by atoms with Crippen LogP contribution in [0.3, 0.4) is 0 Å². The normalized spacial score (nSPS) is 24.7. The first-order valence-electron chi connectivity index (χ1n) is 7.67. The zero-order chi connectivity index (χ0) is 14.0. The molecule has 0 saturated heterocycles. The van der Waals surface area contributed by atoms with Gasteiger partial charge in [-0.05, 0) is 49.7 Å². The molecule has 1 aromatic heterocycles. The topological polar surface area (TPSA) is 12.0 Å². The SMILES string of the molecule is Cc1cc(CNC2CCCCC2C(C)(C)C)sc1C. The molecule has 19 heavy (non-hydrogen) atoms. The van der Waals surface area contributed by atoms with E-state index in [0.717, 1.165) is 12.5 Å². The fourth-order valence-electron chi connectivity index (χ4n) is 3.38. The molecule has 2 rings (SSSR count). The summed E-state index contributed by atoms with van der Waals surface area (Å²) in [6.07, 6.45) is 5.55. The van der Waals surface area contributed by atoms with Crippen LogP contribution in [0.5, 0.6) is 0 Å². The van der Waals surface area contributed by atoms with E-state index in [1.807, 2.05) is 11.3 Å². The summed E-state index contributed by atoms with van der Waals surface area (Å²) in [7, 11) is 0. The van der Waals surface area contributed by atoms with Gasteiger partial charge in [-0.3, -0.25) is 0 Å². The van der Waals surface area contributed by atoms with Crippen molar-refractivity contribution in [3.05, 3.63) is 21.4 Å². The molecule has 1 nitrogen and oxygen atoms in total. The van der Waals surface area contributed by atoms with Crippen molar-refractivity contribution in [3.63, 3.8) is 0 Å². The highest BCUT2D eigenvalue weighted by Crippen LogP contribution is 2.38. The first kappa shape index (κ1) is 15.1. The summed E-state index contributed by atoms with van der Waals surface area (Å²) >= 11 is 1.95. The number of nitrogens with one attached hydrogen (secondary N) is 1. The van der Waals surface area contributed by atoms with Crippen LogP contribution in [0.4, 0.5) is 0 Å². The second-order valence-electron chi connectivity index (χ2n) is 7.20. The maximum atomic E-state index is 3.85. The highest BCUT2D eigenvalue weighted by Gasteiger charge is 2.33. The quantitative estimate of drug-likeness (QED) is 0.815. The van der Waals surface area contributed by atoms with E-state index in [0.29, 0.717) is 11.5 Å². The van der Waals surface area contributed by atoms with Gasteiger partial charge in [-0.25, -0.2) is 0 Å². The summed E-state index contributed by atoms with van der Waals surface area (Å²) < 4.78 is 0. The van der Waals surface area contributed by atoms with Crippen LogP contribution >= 0.6 is 11.3 Å². The fourth-order valence-corrected chi connectivity index (χ4v) is 4.38. The van der Waals surface area contributed by atoms with E-state index in [2.05, 4.69) is 46.0 Å². The minimum atomic E-state index is 0.430. The van der Waals surface area contributed by atoms with Gasteiger partial charge in [-0.15, -0.1) is 11.3 Å². The number of thiophene rings is 1. The lowest BCUT2D eigenvalue weighted by Gasteiger charge is -2.41. The van der Waals surface area contributed by atoms with Crippen molar-refractivity contribution in [3.8, 4) is 0 Å². The van der Waals surface area contributed by atoms with Crippen molar-refractivity contribution < 1.29 is 0 Å². The van der Waals surface area contributed by atoms with Crippen molar-refractivity contribution in [2.45, 2.75) is 72.9 Å². The van der Waals surface area contributed by atoms with Crippen LogP contribution in [-0.4, -0.2) is 6.04 Å². The molecular weight excluding hydrogens is 250 g/mol. The predicted octanol–water partition coefficient (Wildman–Crippen LogP) is 5.06. The van der Waals surface area contributed by atoms with E-state index < -0.39 is 0 Å². The lowest BCUT2D eigenvalue weighted by atomic mass is 9.69. The number of hydrogen-bond donors (Lipinski definition) is 1. The Labute approximate surface area is 122 Å². The molecule has 0 bridgehead atoms. The zero-order valence-corrected chi connectivity index (χ0v) is 14.0. The Balaban J connectivity index is 1.96. The molecular formula is C17H29NS. The van der Waals surface area contributed by atoms with E-state index in [4.69, 9.17) is 0 Å². The molecule has 1 fully saturated rings. The van der Waals surface area contributed by atoms with E-state index in [1.165, 1.54) is 41.0 Å². The minimum absolute atomic E-state index is 0.430. The molecule has 0 amide bonds. The molecule has 1 saturated carbocycles. The van der Waals surface area contributed by atoms with Crippen molar-refractivity contribution in [2.24, 2.45) is 11.3 Å². The third kappa shape index (κ3) is 3.82. The molecule has 1 aliphatic rings. The van der Waals surface area contributed by atoms with Crippen molar-refractivity contribution in [1.82, 2.24) is 5.32 Å². The average molecular weight is 279 g/mol. The van der Waals surface area contributed by atoms with Gasteiger partial charge in [0, 0.05) is 22.3 Å². The van der Waals surface area contributed by atoms with Gasteiger partial charge in [0.25, 0.3) is 0 Å². The Morgan fingerprint density at radius 2 is 1.89 bits per heavy atom. The third-order valence-electron chi connectivity index (χ3n) is 4.63. The lowest BCUT2D eigenvalue weighted by Crippen LogP contribution is -2.43. The third-order valence-corrected chi connectivity index (χ3v) is 5.79. The van der Waals surface area contributed by atoms with Crippen LogP contribution in [-0.2, 0) is 6.54 Å². The number of rotatable bonds is 3. The Morgan fingerprint density at radius 3 is 2.47 bits per heavy atom. The molecule has 2 heteroatoms. The monoisotopic (exact) mass is 279 g/mol. The van der Waals surface area contributed by atoms with Gasteiger partial charge >= 0.3 is 0 Å². The summed E-state index contributed by atoms with van der Waals surface area (Å²) in [6, 6.07) is 3.05. The second-order valence-corrected chi connectivity index (χ2v) is 8.54. The highest BCUT2D eigenvalue weighted by molar-refractivity contribution is 7.12. The van der Waals surface area contributed by atoms with Crippen LogP contribution in [0.1, 0.15) is 61.8 Å². The van der Waals surface area contributed by atoms with Gasteiger partial charge in [0.15, 0.2) is 0 Å². The van der Waals surface area contributed by atoms with Crippen molar-refractivity contribution >= 4 is 11.3 Å². The molecule has 2 atom stereocenters. The van der Waals surface area contributed by atoms with Gasteiger partial charge in [-0.1, -0.05) is 33.6 Å². The van der Waals surface area contributed by atoms with E-state index in [-0.39, 0.29) is 0 Å². The summed E-state index contributed by atoms with van der Waals surface area (Å²) in [4.78, 5) is 2.96. The molecule has 108 valence electrons. The molecule has 1 aliphatic carbocycles. The molecule has 0 aromatic carbocycles. The predicted molar refractivity (Wildman–Crippen MR) is 85.8 cm³/mol. The molecule has 1 aromatic rings. The smallest absolute Gasteiger partial charge is 0.0302 e. The van der Waals surface area contributed by atoms with Crippen LogP contribution < -0.4 is 5.32 Å². The Hall–Kier alpha value is -0.340. The summed E-state index contributed by atoms with van der Waals surface area (Å²) in [6.45, 7) is 12.7. The first-order valence-corrected chi connectivity index (χ1v) is 8.49. The Kier molecular flexibility index (Phi) is 4.73.